The van der Waals surface area contributed by atoms with Crippen molar-refractivity contribution >= 4 is 8.56 Å². The minimum absolute atomic E-state index is 0.896. The second-order valence-electron chi connectivity index (χ2n) is 8.75. The van der Waals surface area contributed by atoms with Gasteiger partial charge in [0.05, 0.1) is 0 Å². The van der Waals surface area contributed by atoms with E-state index in [1.165, 1.54) is 116 Å². The Morgan fingerprint density at radius 1 is 0.407 bits per heavy atom. The highest BCUT2D eigenvalue weighted by Gasteiger charge is 2.23. The first-order valence-corrected chi connectivity index (χ1v) is 15.2. The Morgan fingerprint density at radius 2 is 0.667 bits per heavy atom. The SMILES string of the molecule is CCCCCCCCCCCO[Si](C)(C)OCCCCCCCCCCC. The van der Waals surface area contributed by atoms with Gasteiger partial charge < -0.3 is 8.85 Å². The molecule has 0 amide bonds. The van der Waals surface area contributed by atoms with Crippen molar-refractivity contribution in [2.45, 2.75) is 143 Å². The number of rotatable bonds is 22. The van der Waals surface area contributed by atoms with Gasteiger partial charge in [-0.25, -0.2) is 0 Å². The molecule has 0 saturated carbocycles. The zero-order valence-electron chi connectivity index (χ0n) is 19.5. The van der Waals surface area contributed by atoms with Crippen LogP contribution < -0.4 is 0 Å². The summed E-state index contributed by atoms with van der Waals surface area (Å²) < 4.78 is 12.2. The van der Waals surface area contributed by atoms with Crippen LogP contribution in [-0.2, 0) is 8.85 Å². The van der Waals surface area contributed by atoms with Gasteiger partial charge in [-0.1, -0.05) is 117 Å². The van der Waals surface area contributed by atoms with Crippen LogP contribution in [0.25, 0.3) is 0 Å². The number of unbranched alkanes of at least 4 members (excludes halogenated alkanes) is 16. The molecule has 2 nitrogen and oxygen atoms in total. The van der Waals surface area contributed by atoms with E-state index in [0.29, 0.717) is 0 Å². The van der Waals surface area contributed by atoms with Crippen LogP contribution >= 0.6 is 0 Å². The topological polar surface area (TPSA) is 18.5 Å². The Balaban J connectivity index is 3.31. The van der Waals surface area contributed by atoms with Gasteiger partial charge in [0, 0.05) is 13.2 Å². The van der Waals surface area contributed by atoms with E-state index in [1.54, 1.807) is 0 Å². The predicted molar refractivity (Wildman–Crippen MR) is 124 cm³/mol. The van der Waals surface area contributed by atoms with E-state index in [4.69, 9.17) is 8.85 Å². The zero-order valence-corrected chi connectivity index (χ0v) is 20.5. The molecule has 0 radical (unpaired) electrons. The maximum Gasteiger partial charge on any atom is 0.331 e. The van der Waals surface area contributed by atoms with Gasteiger partial charge in [0.1, 0.15) is 0 Å². The van der Waals surface area contributed by atoms with Crippen LogP contribution in [-0.4, -0.2) is 21.8 Å². The fraction of sp³-hybridized carbons (Fsp3) is 1.00. The monoisotopic (exact) mass is 400 g/mol. The average Bonchev–Trinajstić information content (AvgIpc) is 2.64. The minimum atomic E-state index is -1.88. The smallest absolute Gasteiger partial charge is 0.331 e. The fourth-order valence-corrected chi connectivity index (χ4v) is 4.86. The molecule has 0 aromatic carbocycles. The van der Waals surface area contributed by atoms with Crippen LogP contribution in [0.1, 0.15) is 129 Å². The Morgan fingerprint density at radius 3 is 0.963 bits per heavy atom. The largest absolute Gasteiger partial charge is 0.395 e. The van der Waals surface area contributed by atoms with Gasteiger partial charge in [-0.05, 0) is 25.9 Å². The third-order valence-corrected chi connectivity index (χ3v) is 7.19. The minimum Gasteiger partial charge on any atom is -0.395 e. The molecule has 0 heterocycles. The van der Waals surface area contributed by atoms with E-state index in [9.17, 15) is 0 Å². The quantitative estimate of drug-likeness (QED) is 0.133. The molecule has 164 valence electrons. The molecule has 0 rings (SSSR count). The summed E-state index contributed by atoms with van der Waals surface area (Å²) >= 11 is 0. The van der Waals surface area contributed by atoms with Crippen molar-refractivity contribution in [3.05, 3.63) is 0 Å². The van der Waals surface area contributed by atoms with Gasteiger partial charge in [-0.2, -0.15) is 0 Å². The van der Waals surface area contributed by atoms with Crippen molar-refractivity contribution < 1.29 is 8.85 Å². The van der Waals surface area contributed by atoms with Gasteiger partial charge in [-0.3, -0.25) is 0 Å². The lowest BCUT2D eigenvalue weighted by atomic mass is 10.1. The van der Waals surface area contributed by atoms with Crippen LogP contribution in [0.3, 0.4) is 0 Å². The molecule has 3 heteroatoms. The van der Waals surface area contributed by atoms with Gasteiger partial charge in [0.25, 0.3) is 0 Å². The summed E-state index contributed by atoms with van der Waals surface area (Å²) in [5.74, 6) is 0. The van der Waals surface area contributed by atoms with Gasteiger partial charge in [0.15, 0.2) is 0 Å². The second kappa shape index (κ2) is 20.9. The Bertz CT molecular complexity index is 256. The molecular formula is C24H52O2Si. The lowest BCUT2D eigenvalue weighted by Crippen LogP contribution is -2.35. The lowest BCUT2D eigenvalue weighted by Gasteiger charge is -2.23. The van der Waals surface area contributed by atoms with E-state index >= 15 is 0 Å². The first-order chi connectivity index (χ1) is 13.1. The normalized spacial score (nSPS) is 12.0. The second-order valence-corrected chi connectivity index (χ2v) is 12.1. The summed E-state index contributed by atoms with van der Waals surface area (Å²) in [6, 6.07) is 0. The van der Waals surface area contributed by atoms with E-state index < -0.39 is 8.56 Å². The third-order valence-electron chi connectivity index (χ3n) is 5.40. The Kier molecular flexibility index (Phi) is 21.0. The van der Waals surface area contributed by atoms with Crippen LogP contribution in [0.2, 0.25) is 13.1 Å². The molecule has 0 atom stereocenters. The van der Waals surface area contributed by atoms with Crippen molar-refractivity contribution in [2.75, 3.05) is 13.2 Å². The van der Waals surface area contributed by atoms with Crippen molar-refractivity contribution in [3.63, 3.8) is 0 Å². The molecule has 0 aromatic rings. The Hall–Kier alpha value is 0.137. The zero-order chi connectivity index (χ0) is 20.1. The molecule has 0 fully saturated rings. The first kappa shape index (κ1) is 27.1. The standard InChI is InChI=1S/C24H52O2Si/c1-5-7-9-11-13-15-17-19-21-23-25-27(3,4)26-24-22-20-18-16-14-12-10-8-6-2/h5-24H2,1-4H3. The van der Waals surface area contributed by atoms with Crippen LogP contribution in [0, 0.1) is 0 Å². The summed E-state index contributed by atoms with van der Waals surface area (Å²) in [6.07, 6.45) is 24.6. The number of hydrogen-bond acceptors (Lipinski definition) is 2. The van der Waals surface area contributed by atoms with Gasteiger partial charge in [0.2, 0.25) is 0 Å². The van der Waals surface area contributed by atoms with Gasteiger partial charge in [-0.15, -0.1) is 0 Å². The maximum absolute atomic E-state index is 6.09. The molecule has 0 aromatic heterocycles. The van der Waals surface area contributed by atoms with Crippen molar-refractivity contribution in [2.24, 2.45) is 0 Å². The number of hydrogen-bond donors (Lipinski definition) is 0. The van der Waals surface area contributed by atoms with Crippen molar-refractivity contribution in [1.82, 2.24) is 0 Å². The lowest BCUT2D eigenvalue weighted by molar-refractivity contribution is 0.172. The molecule has 27 heavy (non-hydrogen) atoms. The molecular weight excluding hydrogens is 348 g/mol. The molecule has 0 bridgehead atoms. The van der Waals surface area contributed by atoms with E-state index in [2.05, 4.69) is 26.9 Å². The van der Waals surface area contributed by atoms with Crippen molar-refractivity contribution in [3.8, 4) is 0 Å². The van der Waals surface area contributed by atoms with Crippen LogP contribution in [0.5, 0.6) is 0 Å². The maximum atomic E-state index is 6.09. The van der Waals surface area contributed by atoms with Crippen LogP contribution in [0.4, 0.5) is 0 Å². The predicted octanol–water partition coefficient (Wildman–Crippen LogP) is 8.78. The molecule has 0 aliphatic rings. The van der Waals surface area contributed by atoms with Crippen molar-refractivity contribution in [1.29, 1.82) is 0 Å². The summed E-state index contributed by atoms with van der Waals surface area (Å²) in [5, 5.41) is 0. The molecule has 0 saturated heterocycles. The summed E-state index contributed by atoms with van der Waals surface area (Å²) in [5.41, 5.74) is 0. The molecule has 0 spiro atoms. The molecule has 0 aliphatic carbocycles. The highest BCUT2D eigenvalue weighted by Crippen LogP contribution is 2.13. The van der Waals surface area contributed by atoms with E-state index in [0.717, 1.165) is 13.2 Å². The molecule has 0 N–H and O–H groups in total. The Labute approximate surface area is 173 Å². The first-order valence-electron chi connectivity index (χ1n) is 12.4. The third kappa shape index (κ3) is 22.3. The fourth-order valence-electron chi connectivity index (χ4n) is 3.50. The van der Waals surface area contributed by atoms with Crippen LogP contribution in [0.15, 0.2) is 0 Å². The van der Waals surface area contributed by atoms with E-state index in [1.807, 2.05) is 0 Å². The molecule has 0 unspecified atom stereocenters. The van der Waals surface area contributed by atoms with Gasteiger partial charge >= 0.3 is 8.56 Å². The average molecular weight is 401 g/mol. The summed E-state index contributed by atoms with van der Waals surface area (Å²) in [6.45, 7) is 10.8. The summed E-state index contributed by atoms with van der Waals surface area (Å²) in [4.78, 5) is 0. The molecule has 0 aliphatic heterocycles. The highest BCUT2D eigenvalue weighted by atomic mass is 28.4. The highest BCUT2D eigenvalue weighted by molar-refractivity contribution is 6.64. The van der Waals surface area contributed by atoms with E-state index in [-0.39, 0.29) is 0 Å². The summed E-state index contributed by atoms with van der Waals surface area (Å²) in [7, 11) is -1.88.